The Hall–Kier alpha value is -1.27. The van der Waals surface area contributed by atoms with Gasteiger partial charge in [0.05, 0.1) is 0 Å². The number of hydrogen-bond donors (Lipinski definition) is 1. The Bertz CT molecular complexity index is 688. The molecule has 0 amide bonds. The van der Waals surface area contributed by atoms with E-state index in [1.165, 1.54) is 12.5 Å². The first-order valence-electron chi connectivity index (χ1n) is 10.3. The zero-order valence-electron chi connectivity index (χ0n) is 16.4. The van der Waals surface area contributed by atoms with Crippen molar-refractivity contribution in [2.75, 3.05) is 0 Å². The van der Waals surface area contributed by atoms with Crippen LogP contribution < -0.4 is 0 Å². The molecule has 1 N–H and O–H groups in total. The first kappa shape index (κ1) is 18.1. The highest BCUT2D eigenvalue weighted by atomic mass is 16.5. The summed E-state index contributed by atoms with van der Waals surface area (Å²) in [5.41, 5.74) is 0.655. The van der Waals surface area contributed by atoms with Crippen LogP contribution in [0.4, 0.5) is 0 Å². The number of rotatable bonds is 1. The van der Waals surface area contributed by atoms with E-state index in [9.17, 15) is 9.90 Å². The molecule has 7 atom stereocenters. The molecule has 3 fully saturated rings. The first-order chi connectivity index (χ1) is 12.2. The first-order valence-corrected chi connectivity index (χ1v) is 10.3. The highest BCUT2D eigenvalue weighted by Gasteiger charge is 2.63. The summed E-state index contributed by atoms with van der Waals surface area (Å²) in [6.45, 7) is 6.18. The van der Waals surface area contributed by atoms with Gasteiger partial charge in [0.1, 0.15) is 11.7 Å². The minimum absolute atomic E-state index is 0.0512. The molecule has 0 bridgehead atoms. The molecule has 3 nitrogen and oxygen atoms in total. The molecule has 0 radical (unpaired) electrons. The lowest BCUT2D eigenvalue weighted by atomic mass is 9.47. The van der Waals surface area contributed by atoms with E-state index in [2.05, 4.69) is 25.8 Å². The van der Waals surface area contributed by atoms with Gasteiger partial charge in [-0.1, -0.05) is 31.4 Å². The Morgan fingerprint density at radius 1 is 1.23 bits per heavy atom. The van der Waals surface area contributed by atoms with Gasteiger partial charge in [-0.3, -0.25) is 4.79 Å². The molecule has 0 saturated heterocycles. The summed E-state index contributed by atoms with van der Waals surface area (Å²) >= 11 is 0. The standard InChI is InChI=1S/C23H32O3/c1-5-23(25)13-10-20-18-7-6-16-14-17(26-15(2)24)8-11-21(16,3)19(18)9-12-22(20,23)4/h1,6,17-20,25H,7-14H2,2-4H3/t17-,18+,19-,20-,21+,22-,23+/m1/s1. The molecule has 142 valence electrons. The van der Waals surface area contributed by atoms with Gasteiger partial charge < -0.3 is 9.84 Å². The molecule has 0 heterocycles. The predicted molar refractivity (Wildman–Crippen MR) is 101 cm³/mol. The quantitative estimate of drug-likeness (QED) is 0.434. The van der Waals surface area contributed by atoms with Crippen molar-refractivity contribution in [1.82, 2.24) is 0 Å². The maximum Gasteiger partial charge on any atom is 0.302 e. The molecule has 3 heteroatoms. The highest BCUT2D eigenvalue weighted by Crippen LogP contribution is 2.67. The molecule has 0 unspecified atom stereocenters. The van der Waals surface area contributed by atoms with E-state index in [4.69, 9.17) is 11.2 Å². The van der Waals surface area contributed by atoms with Crippen molar-refractivity contribution < 1.29 is 14.6 Å². The molecule has 0 aliphatic heterocycles. The maximum atomic E-state index is 11.3. The molecular formula is C23H32O3. The Labute approximate surface area is 157 Å². The van der Waals surface area contributed by atoms with Crippen LogP contribution in [0.25, 0.3) is 0 Å². The van der Waals surface area contributed by atoms with Crippen molar-refractivity contribution in [1.29, 1.82) is 0 Å². The lowest BCUT2D eigenvalue weighted by Crippen LogP contribution is -2.54. The second-order valence-electron chi connectivity index (χ2n) is 9.73. The van der Waals surface area contributed by atoms with Gasteiger partial charge in [0.15, 0.2) is 0 Å². The molecule has 0 spiro atoms. The number of allylic oxidation sites excluding steroid dienone is 1. The fourth-order valence-electron chi connectivity index (χ4n) is 7.22. The fraction of sp³-hybridized carbons (Fsp3) is 0.783. The largest absolute Gasteiger partial charge is 0.462 e. The van der Waals surface area contributed by atoms with Crippen LogP contribution in [0.15, 0.2) is 11.6 Å². The minimum Gasteiger partial charge on any atom is -0.462 e. The van der Waals surface area contributed by atoms with Gasteiger partial charge in [0, 0.05) is 18.8 Å². The van der Waals surface area contributed by atoms with Gasteiger partial charge in [-0.05, 0) is 68.1 Å². The lowest BCUT2D eigenvalue weighted by molar-refractivity contribution is -0.149. The van der Waals surface area contributed by atoms with Gasteiger partial charge in [0.2, 0.25) is 0 Å². The second kappa shape index (κ2) is 5.86. The molecule has 0 aromatic rings. The average Bonchev–Trinajstić information content (AvgIpc) is 2.87. The van der Waals surface area contributed by atoms with E-state index in [1.54, 1.807) is 0 Å². The summed E-state index contributed by atoms with van der Waals surface area (Å²) in [7, 11) is 0. The van der Waals surface area contributed by atoms with Crippen molar-refractivity contribution >= 4 is 5.97 Å². The Balaban J connectivity index is 1.61. The summed E-state index contributed by atoms with van der Waals surface area (Å²) in [5, 5.41) is 11.1. The van der Waals surface area contributed by atoms with Crippen LogP contribution in [0, 0.1) is 40.9 Å². The Morgan fingerprint density at radius 3 is 2.65 bits per heavy atom. The van der Waals surface area contributed by atoms with E-state index < -0.39 is 5.60 Å². The zero-order valence-corrected chi connectivity index (χ0v) is 16.4. The van der Waals surface area contributed by atoms with Crippen LogP contribution in [0.3, 0.4) is 0 Å². The van der Waals surface area contributed by atoms with Crippen LogP contribution in [-0.4, -0.2) is 22.8 Å². The third-order valence-corrected chi connectivity index (χ3v) is 8.78. The van der Waals surface area contributed by atoms with Crippen LogP contribution in [-0.2, 0) is 9.53 Å². The summed E-state index contributed by atoms with van der Waals surface area (Å²) in [4.78, 5) is 11.3. The van der Waals surface area contributed by atoms with Crippen molar-refractivity contribution in [3.63, 3.8) is 0 Å². The zero-order chi connectivity index (χ0) is 18.7. The third-order valence-electron chi connectivity index (χ3n) is 8.78. The van der Waals surface area contributed by atoms with Crippen LogP contribution >= 0.6 is 0 Å². The Morgan fingerprint density at radius 2 is 1.96 bits per heavy atom. The van der Waals surface area contributed by atoms with E-state index in [1.807, 2.05) is 0 Å². The van der Waals surface area contributed by atoms with Crippen molar-refractivity contribution in [2.45, 2.75) is 83.8 Å². The van der Waals surface area contributed by atoms with Crippen molar-refractivity contribution in [2.24, 2.45) is 28.6 Å². The van der Waals surface area contributed by atoms with Gasteiger partial charge in [-0.2, -0.15) is 0 Å². The molecule has 4 aliphatic carbocycles. The number of aliphatic hydroxyl groups is 1. The molecule has 4 aliphatic rings. The van der Waals surface area contributed by atoms with Crippen LogP contribution in [0.1, 0.15) is 72.1 Å². The third kappa shape index (κ3) is 2.34. The summed E-state index contributed by atoms with van der Waals surface area (Å²) in [6.07, 6.45) is 16.3. The number of terminal acetylenes is 1. The second-order valence-corrected chi connectivity index (χ2v) is 9.73. The monoisotopic (exact) mass is 356 g/mol. The van der Waals surface area contributed by atoms with E-state index >= 15 is 0 Å². The predicted octanol–water partition coefficient (Wildman–Crippen LogP) is 4.25. The van der Waals surface area contributed by atoms with Crippen LogP contribution in [0.5, 0.6) is 0 Å². The molecular weight excluding hydrogens is 324 g/mol. The van der Waals surface area contributed by atoms with Crippen molar-refractivity contribution in [3.05, 3.63) is 11.6 Å². The number of carbonyl (C=O) groups excluding carboxylic acids is 1. The van der Waals surface area contributed by atoms with E-state index in [0.29, 0.717) is 17.8 Å². The topological polar surface area (TPSA) is 46.5 Å². The van der Waals surface area contributed by atoms with Gasteiger partial charge in [-0.25, -0.2) is 0 Å². The Kier molecular flexibility index (Phi) is 4.08. The summed E-state index contributed by atoms with van der Waals surface area (Å²) in [5.74, 6) is 4.39. The number of carbonyl (C=O) groups is 1. The minimum atomic E-state index is -0.930. The number of hydrogen-bond acceptors (Lipinski definition) is 3. The molecule has 0 aromatic heterocycles. The van der Waals surface area contributed by atoms with Gasteiger partial charge in [-0.15, -0.1) is 6.42 Å². The van der Waals surface area contributed by atoms with Gasteiger partial charge in [0.25, 0.3) is 0 Å². The van der Waals surface area contributed by atoms with Gasteiger partial charge >= 0.3 is 5.97 Å². The van der Waals surface area contributed by atoms with E-state index in [-0.39, 0.29) is 22.9 Å². The summed E-state index contributed by atoms with van der Waals surface area (Å²) < 4.78 is 5.51. The summed E-state index contributed by atoms with van der Waals surface area (Å²) in [6, 6.07) is 0. The SMILES string of the molecule is C#C[C@]1(O)CC[C@@H]2[C@H]3CC=C4C[C@H](OC(C)=O)CC[C@]4(C)[C@@H]3CC[C@]21C. The van der Waals surface area contributed by atoms with Crippen LogP contribution in [0.2, 0.25) is 0 Å². The highest BCUT2D eigenvalue weighted by molar-refractivity contribution is 5.66. The maximum absolute atomic E-state index is 11.3. The number of esters is 1. The average molecular weight is 357 g/mol. The molecule has 26 heavy (non-hydrogen) atoms. The number of ether oxygens (including phenoxy) is 1. The smallest absolute Gasteiger partial charge is 0.302 e. The number of fused-ring (bicyclic) bond motifs is 5. The van der Waals surface area contributed by atoms with Crippen molar-refractivity contribution in [3.8, 4) is 12.3 Å². The van der Waals surface area contributed by atoms with E-state index in [0.717, 1.165) is 51.4 Å². The molecule has 3 saturated carbocycles. The normalized spacial score (nSPS) is 49.9. The molecule has 0 aromatic carbocycles. The molecule has 4 rings (SSSR count). The lowest BCUT2D eigenvalue weighted by Gasteiger charge is -2.58. The fourth-order valence-corrected chi connectivity index (χ4v) is 7.22.